The van der Waals surface area contributed by atoms with Gasteiger partial charge >= 0.3 is 0 Å². The van der Waals surface area contributed by atoms with Crippen molar-refractivity contribution in [1.82, 2.24) is 5.43 Å². The van der Waals surface area contributed by atoms with E-state index in [4.69, 9.17) is 17.4 Å². The minimum Gasteiger partial charge on any atom is -0.271 e. The second-order valence-electron chi connectivity index (χ2n) is 5.50. The van der Waals surface area contributed by atoms with Crippen LogP contribution in [0, 0.1) is 6.92 Å². The van der Waals surface area contributed by atoms with E-state index in [-0.39, 0.29) is 6.04 Å². The minimum atomic E-state index is 0.108. The fourth-order valence-electron chi connectivity index (χ4n) is 3.18. The van der Waals surface area contributed by atoms with Gasteiger partial charge in [-0.05, 0) is 48.1 Å². The molecule has 3 rings (SSSR count). The molecule has 0 amide bonds. The molecule has 0 radical (unpaired) electrons. The van der Waals surface area contributed by atoms with Crippen molar-refractivity contribution in [2.75, 3.05) is 0 Å². The number of rotatable bonds is 3. The van der Waals surface area contributed by atoms with E-state index in [0.717, 1.165) is 29.0 Å². The Morgan fingerprint density at radius 1 is 1.25 bits per heavy atom. The first kappa shape index (κ1) is 13.6. The molecule has 0 saturated heterocycles. The molecule has 0 fully saturated rings. The van der Waals surface area contributed by atoms with E-state index in [1.165, 1.54) is 11.1 Å². The van der Waals surface area contributed by atoms with E-state index < -0.39 is 0 Å². The third-order valence-corrected chi connectivity index (χ3v) is 4.72. The second kappa shape index (κ2) is 5.57. The van der Waals surface area contributed by atoms with Crippen molar-refractivity contribution in [2.45, 2.75) is 31.7 Å². The van der Waals surface area contributed by atoms with Gasteiger partial charge in [0.15, 0.2) is 0 Å². The van der Waals surface area contributed by atoms with Gasteiger partial charge in [-0.1, -0.05) is 48.0 Å². The van der Waals surface area contributed by atoms with Crippen molar-refractivity contribution in [2.24, 2.45) is 5.84 Å². The fourth-order valence-corrected chi connectivity index (χ4v) is 3.37. The lowest BCUT2D eigenvalue weighted by Crippen LogP contribution is -2.32. The first-order valence-electron chi connectivity index (χ1n) is 7.00. The molecule has 1 aliphatic carbocycles. The number of aryl methyl sites for hydroxylation is 2. The van der Waals surface area contributed by atoms with Crippen LogP contribution in [0.5, 0.6) is 0 Å². The number of halogens is 1. The Bertz CT molecular complexity index is 624. The number of fused-ring (bicyclic) bond motifs is 1. The van der Waals surface area contributed by atoms with Crippen LogP contribution in [-0.4, -0.2) is 0 Å². The van der Waals surface area contributed by atoms with Crippen LogP contribution in [0.1, 0.15) is 40.6 Å². The third kappa shape index (κ3) is 2.35. The average molecular weight is 287 g/mol. The minimum absolute atomic E-state index is 0.108. The van der Waals surface area contributed by atoms with Crippen molar-refractivity contribution in [3.8, 4) is 0 Å². The van der Waals surface area contributed by atoms with Gasteiger partial charge in [0.25, 0.3) is 0 Å². The molecular weight excluding hydrogens is 268 g/mol. The number of hydrazine groups is 1. The van der Waals surface area contributed by atoms with Crippen LogP contribution in [-0.2, 0) is 6.42 Å². The normalized spacial score (nSPS) is 18.9. The SMILES string of the molecule is Cc1ccc(C(NN)C2CCc3ccccc32)cc1Cl. The zero-order valence-corrected chi connectivity index (χ0v) is 12.3. The van der Waals surface area contributed by atoms with E-state index in [0.29, 0.717) is 5.92 Å². The molecule has 0 aromatic heterocycles. The largest absolute Gasteiger partial charge is 0.271 e. The van der Waals surface area contributed by atoms with E-state index in [2.05, 4.69) is 41.8 Å². The molecule has 0 spiro atoms. The van der Waals surface area contributed by atoms with E-state index >= 15 is 0 Å². The predicted octanol–water partition coefficient (Wildman–Crippen LogP) is 3.88. The third-order valence-electron chi connectivity index (χ3n) is 4.32. The standard InChI is InChI=1S/C17H19ClN2/c1-11-6-7-13(10-16(11)18)17(20-19)15-9-8-12-4-2-3-5-14(12)15/h2-7,10,15,17,20H,8-9,19H2,1H3. The molecule has 2 atom stereocenters. The smallest absolute Gasteiger partial charge is 0.0529 e. The molecule has 0 saturated carbocycles. The maximum atomic E-state index is 6.25. The molecule has 104 valence electrons. The number of hydrogen-bond acceptors (Lipinski definition) is 2. The highest BCUT2D eigenvalue weighted by molar-refractivity contribution is 6.31. The Hall–Kier alpha value is -1.35. The molecule has 2 nitrogen and oxygen atoms in total. The van der Waals surface area contributed by atoms with E-state index in [1.54, 1.807) is 0 Å². The number of nitrogens with one attached hydrogen (secondary N) is 1. The molecule has 20 heavy (non-hydrogen) atoms. The van der Waals surface area contributed by atoms with Crippen LogP contribution >= 0.6 is 11.6 Å². The first-order valence-corrected chi connectivity index (χ1v) is 7.38. The van der Waals surface area contributed by atoms with Crippen LogP contribution < -0.4 is 11.3 Å². The van der Waals surface area contributed by atoms with Crippen LogP contribution in [0.3, 0.4) is 0 Å². The highest BCUT2D eigenvalue weighted by Gasteiger charge is 2.30. The lowest BCUT2D eigenvalue weighted by molar-refractivity contribution is 0.453. The van der Waals surface area contributed by atoms with Gasteiger partial charge in [0, 0.05) is 10.9 Å². The molecule has 1 aliphatic rings. The first-order chi connectivity index (χ1) is 9.70. The highest BCUT2D eigenvalue weighted by Crippen LogP contribution is 2.41. The number of nitrogens with two attached hydrogens (primary N) is 1. The summed E-state index contributed by atoms with van der Waals surface area (Å²) in [4.78, 5) is 0. The van der Waals surface area contributed by atoms with Gasteiger partial charge in [0.05, 0.1) is 6.04 Å². The number of hydrogen-bond donors (Lipinski definition) is 2. The summed E-state index contributed by atoms with van der Waals surface area (Å²) in [5.41, 5.74) is 8.09. The van der Waals surface area contributed by atoms with Gasteiger partial charge < -0.3 is 0 Å². The van der Waals surface area contributed by atoms with Gasteiger partial charge in [-0.15, -0.1) is 0 Å². The van der Waals surface area contributed by atoms with Crippen molar-refractivity contribution >= 4 is 11.6 Å². The predicted molar refractivity (Wildman–Crippen MR) is 83.8 cm³/mol. The summed E-state index contributed by atoms with van der Waals surface area (Å²) in [6.45, 7) is 2.02. The summed E-state index contributed by atoms with van der Waals surface area (Å²) in [5, 5.41) is 0.800. The Kier molecular flexibility index (Phi) is 3.79. The van der Waals surface area contributed by atoms with Crippen molar-refractivity contribution in [3.63, 3.8) is 0 Å². The van der Waals surface area contributed by atoms with Gasteiger partial charge in [-0.3, -0.25) is 11.3 Å². The molecule has 0 aliphatic heterocycles. The van der Waals surface area contributed by atoms with Crippen LogP contribution in [0.15, 0.2) is 42.5 Å². The van der Waals surface area contributed by atoms with Crippen molar-refractivity contribution < 1.29 is 0 Å². The van der Waals surface area contributed by atoms with Crippen molar-refractivity contribution in [3.05, 3.63) is 69.7 Å². The second-order valence-corrected chi connectivity index (χ2v) is 5.90. The topological polar surface area (TPSA) is 38.0 Å². The summed E-state index contributed by atoms with van der Waals surface area (Å²) >= 11 is 6.25. The molecule has 2 aromatic rings. The van der Waals surface area contributed by atoms with Crippen LogP contribution in [0.4, 0.5) is 0 Å². The van der Waals surface area contributed by atoms with Gasteiger partial charge in [-0.25, -0.2) is 0 Å². The zero-order chi connectivity index (χ0) is 14.1. The maximum absolute atomic E-state index is 6.25. The lowest BCUT2D eigenvalue weighted by atomic mass is 9.88. The molecule has 3 N–H and O–H groups in total. The Morgan fingerprint density at radius 2 is 2.05 bits per heavy atom. The molecule has 2 unspecified atom stereocenters. The summed E-state index contributed by atoms with van der Waals surface area (Å²) in [7, 11) is 0. The van der Waals surface area contributed by atoms with E-state index in [1.807, 2.05) is 13.0 Å². The lowest BCUT2D eigenvalue weighted by Gasteiger charge is -2.24. The Balaban J connectivity index is 1.97. The quantitative estimate of drug-likeness (QED) is 0.664. The molecule has 0 bridgehead atoms. The van der Waals surface area contributed by atoms with Gasteiger partial charge in [0.1, 0.15) is 0 Å². The highest BCUT2D eigenvalue weighted by atomic mass is 35.5. The molecule has 2 aromatic carbocycles. The summed E-state index contributed by atoms with van der Waals surface area (Å²) < 4.78 is 0. The Labute approximate surface area is 124 Å². The average Bonchev–Trinajstić information content (AvgIpc) is 2.88. The summed E-state index contributed by atoms with van der Waals surface area (Å²) in [6.07, 6.45) is 2.25. The van der Waals surface area contributed by atoms with Crippen molar-refractivity contribution in [1.29, 1.82) is 0 Å². The zero-order valence-electron chi connectivity index (χ0n) is 11.6. The summed E-state index contributed by atoms with van der Waals surface area (Å²) in [5.74, 6) is 6.25. The van der Waals surface area contributed by atoms with Crippen LogP contribution in [0.25, 0.3) is 0 Å². The molecular formula is C17H19ClN2. The van der Waals surface area contributed by atoms with E-state index in [9.17, 15) is 0 Å². The fraction of sp³-hybridized carbons (Fsp3) is 0.294. The maximum Gasteiger partial charge on any atom is 0.0529 e. The van der Waals surface area contributed by atoms with Gasteiger partial charge in [0.2, 0.25) is 0 Å². The Morgan fingerprint density at radius 3 is 2.80 bits per heavy atom. The summed E-state index contributed by atoms with van der Waals surface area (Å²) in [6, 6.07) is 15.0. The van der Waals surface area contributed by atoms with Crippen LogP contribution in [0.2, 0.25) is 5.02 Å². The molecule has 0 heterocycles. The monoisotopic (exact) mass is 286 g/mol. The number of benzene rings is 2. The molecule has 3 heteroatoms. The van der Waals surface area contributed by atoms with Gasteiger partial charge in [-0.2, -0.15) is 0 Å².